The topological polar surface area (TPSA) is 49.4 Å². The van der Waals surface area contributed by atoms with E-state index in [0.717, 1.165) is 18.4 Å². The van der Waals surface area contributed by atoms with E-state index < -0.39 is 5.91 Å². The van der Waals surface area contributed by atoms with Crippen LogP contribution in [0.5, 0.6) is 0 Å². The van der Waals surface area contributed by atoms with Crippen molar-refractivity contribution < 1.29 is 9.59 Å². The largest absolute Gasteiger partial charge is 0.324 e. The van der Waals surface area contributed by atoms with Crippen molar-refractivity contribution in [1.82, 2.24) is 10.2 Å². The van der Waals surface area contributed by atoms with E-state index in [4.69, 9.17) is 23.2 Å². The molecule has 146 valence electrons. The average Bonchev–Trinajstić information content (AvgIpc) is 3.30. The van der Waals surface area contributed by atoms with Crippen molar-refractivity contribution >= 4 is 35.1 Å². The van der Waals surface area contributed by atoms with Crippen LogP contribution in [0.15, 0.2) is 48.5 Å². The molecule has 3 amide bonds. The maximum Gasteiger partial charge on any atom is 0.324 e. The molecule has 0 radical (unpaired) electrons. The van der Waals surface area contributed by atoms with E-state index >= 15 is 0 Å². The Morgan fingerprint density at radius 1 is 0.964 bits per heavy atom. The minimum Gasteiger partial charge on any atom is -0.317 e. The second kappa shape index (κ2) is 8.14. The molecule has 0 aliphatic heterocycles. The zero-order valence-corrected chi connectivity index (χ0v) is 16.9. The van der Waals surface area contributed by atoms with Crippen molar-refractivity contribution in [3.8, 4) is 0 Å². The minimum atomic E-state index is -0.568. The monoisotopic (exact) mass is 416 g/mol. The first-order chi connectivity index (χ1) is 13.5. The van der Waals surface area contributed by atoms with Crippen LogP contribution in [-0.4, -0.2) is 22.9 Å². The summed E-state index contributed by atoms with van der Waals surface area (Å²) in [7, 11) is 0. The molecule has 28 heavy (non-hydrogen) atoms. The van der Waals surface area contributed by atoms with E-state index in [1.54, 1.807) is 18.2 Å². The van der Waals surface area contributed by atoms with Crippen LogP contribution in [0, 0.1) is 11.8 Å². The molecule has 3 atom stereocenters. The lowest BCUT2D eigenvalue weighted by atomic mass is 9.94. The molecule has 2 fully saturated rings. The molecular weight excluding hydrogens is 395 g/mol. The Labute approximate surface area is 174 Å². The summed E-state index contributed by atoms with van der Waals surface area (Å²) in [5.41, 5.74) is 1.18. The summed E-state index contributed by atoms with van der Waals surface area (Å²) in [6.45, 7) is 0.476. The molecule has 6 heteroatoms. The Morgan fingerprint density at radius 3 is 2.29 bits per heavy atom. The summed E-state index contributed by atoms with van der Waals surface area (Å²) in [5.74, 6) is 0.634. The fourth-order valence-electron chi connectivity index (χ4n) is 4.66. The lowest BCUT2D eigenvalue weighted by molar-refractivity contribution is 0.0929. The van der Waals surface area contributed by atoms with Gasteiger partial charge in [0.25, 0.3) is 5.91 Å². The van der Waals surface area contributed by atoms with E-state index in [9.17, 15) is 9.59 Å². The molecule has 2 bridgehead atoms. The van der Waals surface area contributed by atoms with Gasteiger partial charge in [0.05, 0.1) is 15.6 Å². The predicted octanol–water partition coefficient (Wildman–Crippen LogP) is 5.53. The van der Waals surface area contributed by atoms with E-state index in [2.05, 4.69) is 5.32 Å². The van der Waals surface area contributed by atoms with Gasteiger partial charge in [-0.15, -0.1) is 0 Å². The molecule has 2 aliphatic rings. The zero-order valence-electron chi connectivity index (χ0n) is 15.4. The van der Waals surface area contributed by atoms with Gasteiger partial charge in [-0.25, -0.2) is 4.79 Å². The Bertz CT molecular complexity index is 867. The molecule has 2 aromatic rings. The predicted molar refractivity (Wildman–Crippen MR) is 111 cm³/mol. The number of carbonyl (C=O) groups excluding carboxylic acids is 2. The number of amides is 3. The van der Waals surface area contributed by atoms with Gasteiger partial charge in [0.2, 0.25) is 0 Å². The molecule has 0 saturated heterocycles. The van der Waals surface area contributed by atoms with E-state index in [-0.39, 0.29) is 27.7 Å². The second-order valence-corrected chi connectivity index (χ2v) is 8.53. The number of hydrogen-bond donors (Lipinski definition) is 1. The first-order valence-electron chi connectivity index (χ1n) is 9.63. The summed E-state index contributed by atoms with van der Waals surface area (Å²) < 4.78 is 0. The number of imide groups is 1. The van der Waals surface area contributed by atoms with E-state index in [0.29, 0.717) is 18.4 Å². The Balaban J connectivity index is 1.55. The van der Waals surface area contributed by atoms with Gasteiger partial charge in [-0.05, 0) is 48.8 Å². The normalized spacial score (nSPS) is 22.9. The maximum absolute atomic E-state index is 13.1. The van der Waals surface area contributed by atoms with Gasteiger partial charge in [-0.2, -0.15) is 0 Å². The van der Waals surface area contributed by atoms with E-state index in [1.165, 1.54) is 12.8 Å². The number of hydrogen-bond acceptors (Lipinski definition) is 2. The number of nitrogens with zero attached hydrogens (tertiary/aromatic N) is 1. The number of urea groups is 1. The standard InChI is InChI=1S/C22H22Cl2N2O2/c23-17-7-4-8-18(24)20(17)21(27)25-22(28)26(13-14-5-2-1-3-6-14)19-12-15-9-10-16(19)11-15/h1-8,15-16,19H,9-13H2,(H,25,27,28)/t15-,16+,19-/m0/s1. The highest BCUT2D eigenvalue weighted by Gasteiger charge is 2.44. The summed E-state index contributed by atoms with van der Waals surface area (Å²) in [5, 5.41) is 2.97. The molecule has 0 aromatic heterocycles. The number of halogens is 2. The Kier molecular flexibility index (Phi) is 5.61. The highest BCUT2D eigenvalue weighted by molar-refractivity contribution is 6.40. The van der Waals surface area contributed by atoms with Crippen molar-refractivity contribution in [2.24, 2.45) is 11.8 Å². The number of rotatable bonds is 4. The molecule has 1 N–H and O–H groups in total. The molecule has 2 saturated carbocycles. The summed E-state index contributed by atoms with van der Waals surface area (Å²) in [4.78, 5) is 27.6. The van der Waals surface area contributed by atoms with Gasteiger partial charge in [0, 0.05) is 12.6 Å². The highest BCUT2D eigenvalue weighted by atomic mass is 35.5. The van der Waals surface area contributed by atoms with Crippen LogP contribution in [0.3, 0.4) is 0 Å². The Morgan fingerprint density at radius 2 is 1.68 bits per heavy atom. The number of fused-ring (bicyclic) bond motifs is 2. The number of benzene rings is 2. The SMILES string of the molecule is O=C(NC(=O)N(Cc1ccccc1)[C@H]1C[C@H]2CC[C@@H]1C2)c1c(Cl)cccc1Cl. The first-order valence-corrected chi connectivity index (χ1v) is 10.4. The third kappa shape index (κ3) is 3.89. The van der Waals surface area contributed by atoms with Crippen LogP contribution < -0.4 is 5.32 Å². The average molecular weight is 417 g/mol. The van der Waals surface area contributed by atoms with Gasteiger partial charge < -0.3 is 4.90 Å². The van der Waals surface area contributed by atoms with Gasteiger partial charge in [0.15, 0.2) is 0 Å². The van der Waals surface area contributed by atoms with Gasteiger partial charge >= 0.3 is 6.03 Å². The van der Waals surface area contributed by atoms with Crippen molar-refractivity contribution in [3.63, 3.8) is 0 Å². The molecule has 2 aromatic carbocycles. The molecule has 2 aliphatic carbocycles. The van der Waals surface area contributed by atoms with E-state index in [1.807, 2.05) is 35.2 Å². The molecule has 0 spiro atoms. The van der Waals surface area contributed by atoms with Gasteiger partial charge in [-0.1, -0.05) is 66.0 Å². The minimum absolute atomic E-state index is 0.131. The third-order valence-electron chi connectivity index (χ3n) is 5.97. The summed E-state index contributed by atoms with van der Waals surface area (Å²) in [6.07, 6.45) is 4.58. The van der Waals surface area contributed by atoms with Crippen LogP contribution in [-0.2, 0) is 6.54 Å². The molecule has 0 heterocycles. The summed E-state index contributed by atoms with van der Waals surface area (Å²) >= 11 is 12.3. The quantitative estimate of drug-likeness (QED) is 0.711. The lowest BCUT2D eigenvalue weighted by Crippen LogP contribution is -2.49. The molecule has 4 rings (SSSR count). The smallest absolute Gasteiger partial charge is 0.317 e. The van der Waals surface area contributed by atoms with Gasteiger partial charge in [-0.3, -0.25) is 10.1 Å². The highest BCUT2D eigenvalue weighted by Crippen LogP contribution is 2.47. The fraction of sp³-hybridized carbons (Fsp3) is 0.364. The fourth-order valence-corrected chi connectivity index (χ4v) is 5.23. The molecular formula is C22H22Cl2N2O2. The van der Waals surface area contributed by atoms with Crippen LogP contribution in [0.25, 0.3) is 0 Å². The molecule has 4 nitrogen and oxygen atoms in total. The first kappa shape index (κ1) is 19.3. The summed E-state index contributed by atoms with van der Waals surface area (Å²) in [6, 6.07) is 14.5. The molecule has 0 unspecified atom stereocenters. The van der Waals surface area contributed by atoms with Crippen LogP contribution >= 0.6 is 23.2 Å². The van der Waals surface area contributed by atoms with Crippen LogP contribution in [0.1, 0.15) is 41.6 Å². The van der Waals surface area contributed by atoms with Crippen LogP contribution in [0.4, 0.5) is 4.79 Å². The van der Waals surface area contributed by atoms with Crippen molar-refractivity contribution in [3.05, 3.63) is 69.7 Å². The maximum atomic E-state index is 13.1. The van der Waals surface area contributed by atoms with Crippen molar-refractivity contribution in [2.75, 3.05) is 0 Å². The third-order valence-corrected chi connectivity index (χ3v) is 6.60. The zero-order chi connectivity index (χ0) is 19.7. The number of nitrogens with one attached hydrogen (secondary N) is 1. The lowest BCUT2D eigenvalue weighted by Gasteiger charge is -2.34. The Hall–Kier alpha value is -2.04. The second-order valence-electron chi connectivity index (χ2n) is 7.71. The van der Waals surface area contributed by atoms with Gasteiger partial charge in [0.1, 0.15) is 0 Å². The van der Waals surface area contributed by atoms with Crippen LogP contribution in [0.2, 0.25) is 10.0 Å². The number of carbonyl (C=O) groups is 2. The van der Waals surface area contributed by atoms with Crippen molar-refractivity contribution in [2.45, 2.75) is 38.3 Å². The van der Waals surface area contributed by atoms with Crippen molar-refractivity contribution in [1.29, 1.82) is 0 Å².